The molecule has 116 valence electrons. The van der Waals surface area contributed by atoms with Crippen LogP contribution in [0.2, 0.25) is 0 Å². The van der Waals surface area contributed by atoms with E-state index in [9.17, 15) is 4.79 Å². The van der Waals surface area contributed by atoms with Crippen molar-refractivity contribution >= 4 is 5.91 Å². The molecule has 0 aromatic carbocycles. The normalized spacial score (nSPS) is 21.8. The summed E-state index contributed by atoms with van der Waals surface area (Å²) in [6.07, 6.45) is 12.4. The summed E-state index contributed by atoms with van der Waals surface area (Å²) < 4.78 is 2.17. The quantitative estimate of drug-likeness (QED) is 0.906. The highest BCUT2D eigenvalue weighted by Gasteiger charge is 2.24. The number of amides is 1. The van der Waals surface area contributed by atoms with Crippen molar-refractivity contribution in [3.8, 4) is 0 Å². The van der Waals surface area contributed by atoms with E-state index in [0.717, 1.165) is 5.82 Å². The largest absolute Gasteiger partial charge is 0.346 e. The first-order chi connectivity index (χ1) is 10.2. The van der Waals surface area contributed by atoms with Crippen LogP contribution in [0.4, 0.5) is 0 Å². The Labute approximate surface area is 126 Å². The van der Waals surface area contributed by atoms with E-state index in [0.29, 0.717) is 18.4 Å². The number of nitrogens with one attached hydrogen (secondary N) is 1. The Balaban J connectivity index is 1.58. The molecule has 1 amide bonds. The van der Waals surface area contributed by atoms with E-state index < -0.39 is 0 Å². The summed E-state index contributed by atoms with van der Waals surface area (Å²) in [5.41, 5.74) is 0. The number of aromatic nitrogens is 3. The van der Waals surface area contributed by atoms with Gasteiger partial charge in [0.25, 0.3) is 0 Å². The van der Waals surface area contributed by atoms with Gasteiger partial charge in [-0.15, -0.1) is 10.2 Å². The van der Waals surface area contributed by atoms with E-state index in [2.05, 4.69) is 20.1 Å². The van der Waals surface area contributed by atoms with Crippen molar-refractivity contribution in [2.45, 2.75) is 76.8 Å². The first-order valence-electron chi connectivity index (χ1n) is 8.43. The number of nitrogens with zero attached hydrogens (tertiary/aromatic N) is 3. The lowest BCUT2D eigenvalue weighted by molar-refractivity contribution is -0.122. The summed E-state index contributed by atoms with van der Waals surface area (Å²) in [6.45, 7) is 2.02. The van der Waals surface area contributed by atoms with E-state index in [1.807, 2.05) is 13.3 Å². The molecule has 2 fully saturated rings. The first-order valence-corrected chi connectivity index (χ1v) is 8.43. The Bertz CT molecular complexity index is 472. The molecule has 5 nitrogen and oxygen atoms in total. The van der Waals surface area contributed by atoms with Gasteiger partial charge in [-0.05, 0) is 38.5 Å². The van der Waals surface area contributed by atoms with Crippen molar-refractivity contribution in [1.82, 2.24) is 20.1 Å². The second kappa shape index (κ2) is 6.58. The summed E-state index contributed by atoms with van der Waals surface area (Å²) in [7, 11) is 0. The molecular weight excluding hydrogens is 264 g/mol. The smallest absolute Gasteiger partial charge is 0.220 e. The fourth-order valence-corrected chi connectivity index (χ4v) is 3.87. The van der Waals surface area contributed by atoms with Gasteiger partial charge in [0.2, 0.25) is 5.91 Å². The maximum Gasteiger partial charge on any atom is 0.220 e. The molecule has 1 atom stereocenters. The van der Waals surface area contributed by atoms with Crippen molar-refractivity contribution in [2.24, 2.45) is 5.92 Å². The highest BCUT2D eigenvalue weighted by Crippen LogP contribution is 2.31. The van der Waals surface area contributed by atoms with Gasteiger partial charge in [-0.3, -0.25) is 4.79 Å². The van der Waals surface area contributed by atoms with Crippen LogP contribution < -0.4 is 5.32 Å². The van der Waals surface area contributed by atoms with Crippen molar-refractivity contribution in [2.75, 3.05) is 0 Å². The molecule has 0 spiro atoms. The third-order valence-electron chi connectivity index (χ3n) is 5.03. The molecule has 1 aromatic heterocycles. The average molecular weight is 290 g/mol. The van der Waals surface area contributed by atoms with Gasteiger partial charge in [0.1, 0.15) is 6.33 Å². The molecule has 1 N–H and O–H groups in total. The number of hydrogen-bond donors (Lipinski definition) is 1. The summed E-state index contributed by atoms with van der Waals surface area (Å²) in [5, 5.41) is 11.4. The SMILES string of the molecule is C[C@H](NC(=O)CC1CCCC1)c1nncn1C1CCCC1. The van der Waals surface area contributed by atoms with Crippen LogP contribution in [0.1, 0.15) is 82.6 Å². The number of hydrogen-bond acceptors (Lipinski definition) is 3. The number of carbonyl (C=O) groups is 1. The molecule has 0 aliphatic heterocycles. The Morgan fingerprint density at radius 2 is 1.95 bits per heavy atom. The van der Waals surface area contributed by atoms with Crippen molar-refractivity contribution < 1.29 is 4.79 Å². The first kappa shape index (κ1) is 14.5. The van der Waals surface area contributed by atoms with E-state index in [-0.39, 0.29) is 11.9 Å². The van der Waals surface area contributed by atoms with E-state index in [1.165, 1.54) is 51.4 Å². The van der Waals surface area contributed by atoms with Gasteiger partial charge in [-0.1, -0.05) is 25.7 Å². The molecule has 1 aromatic rings. The molecule has 0 saturated heterocycles. The molecule has 2 aliphatic rings. The number of carbonyl (C=O) groups excluding carboxylic acids is 1. The van der Waals surface area contributed by atoms with Gasteiger partial charge in [-0.25, -0.2) is 0 Å². The fourth-order valence-electron chi connectivity index (χ4n) is 3.87. The summed E-state index contributed by atoms with van der Waals surface area (Å²) in [6, 6.07) is 0.464. The van der Waals surface area contributed by atoms with Gasteiger partial charge < -0.3 is 9.88 Å². The minimum absolute atomic E-state index is 0.0537. The maximum atomic E-state index is 12.2. The van der Waals surface area contributed by atoms with E-state index in [1.54, 1.807) is 0 Å². The molecule has 2 saturated carbocycles. The highest BCUT2D eigenvalue weighted by atomic mass is 16.1. The zero-order valence-corrected chi connectivity index (χ0v) is 12.9. The predicted octanol–water partition coefficient (Wildman–Crippen LogP) is 3.15. The third kappa shape index (κ3) is 3.44. The van der Waals surface area contributed by atoms with Crippen molar-refractivity contribution in [3.63, 3.8) is 0 Å². The zero-order chi connectivity index (χ0) is 14.7. The molecule has 2 aliphatic carbocycles. The number of rotatable bonds is 5. The zero-order valence-electron chi connectivity index (χ0n) is 12.9. The Hall–Kier alpha value is -1.39. The molecule has 0 unspecified atom stereocenters. The summed E-state index contributed by atoms with van der Waals surface area (Å²) >= 11 is 0. The lowest BCUT2D eigenvalue weighted by atomic mass is 10.0. The Morgan fingerprint density at radius 1 is 1.29 bits per heavy atom. The topological polar surface area (TPSA) is 59.8 Å². The molecule has 0 bridgehead atoms. The van der Waals surface area contributed by atoms with Crippen molar-refractivity contribution in [1.29, 1.82) is 0 Å². The maximum absolute atomic E-state index is 12.2. The third-order valence-corrected chi connectivity index (χ3v) is 5.03. The second-order valence-electron chi connectivity index (χ2n) is 6.68. The summed E-state index contributed by atoms with van der Waals surface area (Å²) in [5.74, 6) is 1.65. The van der Waals surface area contributed by atoms with Crippen molar-refractivity contribution in [3.05, 3.63) is 12.2 Å². The van der Waals surface area contributed by atoms with Crippen LogP contribution in [-0.2, 0) is 4.79 Å². The molecule has 5 heteroatoms. The standard InChI is InChI=1S/C16H26N4O/c1-12(18-15(21)10-13-6-2-3-7-13)16-19-17-11-20(16)14-8-4-5-9-14/h11-14H,2-10H2,1H3,(H,18,21)/t12-/m0/s1. The minimum atomic E-state index is -0.0537. The monoisotopic (exact) mass is 290 g/mol. The van der Waals surface area contributed by atoms with Gasteiger partial charge in [0.15, 0.2) is 5.82 Å². The Kier molecular flexibility index (Phi) is 4.56. The van der Waals surface area contributed by atoms with Crippen LogP contribution >= 0.6 is 0 Å². The van der Waals surface area contributed by atoms with Crippen LogP contribution in [0.25, 0.3) is 0 Å². The van der Waals surface area contributed by atoms with Crippen LogP contribution in [0.3, 0.4) is 0 Å². The van der Waals surface area contributed by atoms with E-state index in [4.69, 9.17) is 0 Å². The average Bonchev–Trinajstić information content (AvgIpc) is 3.20. The van der Waals surface area contributed by atoms with Crippen LogP contribution in [0, 0.1) is 5.92 Å². The second-order valence-corrected chi connectivity index (χ2v) is 6.68. The predicted molar refractivity (Wildman–Crippen MR) is 80.7 cm³/mol. The van der Waals surface area contributed by atoms with Crippen LogP contribution in [0.15, 0.2) is 6.33 Å². The lowest BCUT2D eigenvalue weighted by Crippen LogP contribution is -2.30. The Morgan fingerprint density at radius 3 is 2.67 bits per heavy atom. The van der Waals surface area contributed by atoms with Crippen LogP contribution in [-0.4, -0.2) is 20.7 Å². The lowest BCUT2D eigenvalue weighted by Gasteiger charge is -2.19. The minimum Gasteiger partial charge on any atom is -0.346 e. The van der Waals surface area contributed by atoms with Gasteiger partial charge in [0.05, 0.1) is 6.04 Å². The van der Waals surface area contributed by atoms with Gasteiger partial charge >= 0.3 is 0 Å². The fraction of sp³-hybridized carbons (Fsp3) is 0.812. The molecule has 3 rings (SSSR count). The summed E-state index contributed by atoms with van der Waals surface area (Å²) in [4.78, 5) is 12.2. The molecule has 0 radical (unpaired) electrons. The van der Waals surface area contributed by atoms with E-state index >= 15 is 0 Å². The highest BCUT2D eigenvalue weighted by molar-refractivity contribution is 5.76. The molecule has 1 heterocycles. The molecular formula is C16H26N4O. The van der Waals surface area contributed by atoms with Gasteiger partial charge in [-0.2, -0.15) is 0 Å². The van der Waals surface area contributed by atoms with Gasteiger partial charge in [0, 0.05) is 12.5 Å². The molecule has 21 heavy (non-hydrogen) atoms. The van der Waals surface area contributed by atoms with Crippen LogP contribution in [0.5, 0.6) is 0 Å².